The smallest absolute Gasteiger partial charge is 0.314 e. The van der Waals surface area contributed by atoms with Crippen molar-refractivity contribution >= 4 is 6.03 Å². The molecule has 0 aliphatic carbocycles. The van der Waals surface area contributed by atoms with Crippen molar-refractivity contribution in [2.45, 2.75) is 26.7 Å². The van der Waals surface area contributed by atoms with Gasteiger partial charge in [0.05, 0.1) is 0 Å². The minimum Gasteiger partial charge on any atom is -0.396 e. The standard InChI is InChI=1S/C15H21F3N2O2/c1-15(2,4-6-21)9-20-14(22)19-5-3-10-7-11(16)13(18)12(17)8-10/h7-8,21H,3-6,9H2,1-2H3,(H2,19,20,22). The number of hydrogen-bond donors (Lipinski definition) is 3. The third kappa shape index (κ3) is 5.93. The van der Waals surface area contributed by atoms with Crippen molar-refractivity contribution < 1.29 is 23.1 Å². The second-order valence-corrected chi connectivity index (χ2v) is 5.87. The van der Waals surface area contributed by atoms with E-state index in [1.165, 1.54) is 0 Å². The molecule has 0 aromatic heterocycles. The average molecular weight is 318 g/mol. The molecule has 3 N–H and O–H groups in total. The number of amides is 2. The van der Waals surface area contributed by atoms with Crippen LogP contribution in [0.25, 0.3) is 0 Å². The molecule has 0 aliphatic heterocycles. The molecule has 0 spiro atoms. The Morgan fingerprint density at radius 1 is 1.18 bits per heavy atom. The molecule has 22 heavy (non-hydrogen) atoms. The van der Waals surface area contributed by atoms with E-state index in [0.29, 0.717) is 13.0 Å². The van der Waals surface area contributed by atoms with Gasteiger partial charge in [-0.25, -0.2) is 18.0 Å². The van der Waals surface area contributed by atoms with Crippen LogP contribution < -0.4 is 10.6 Å². The summed E-state index contributed by atoms with van der Waals surface area (Å²) in [5.41, 5.74) is 0.0345. The molecule has 124 valence electrons. The number of rotatable bonds is 7. The van der Waals surface area contributed by atoms with E-state index in [9.17, 15) is 18.0 Å². The number of aliphatic hydroxyl groups is 1. The maximum Gasteiger partial charge on any atom is 0.314 e. The predicted molar refractivity (Wildman–Crippen MR) is 76.9 cm³/mol. The highest BCUT2D eigenvalue weighted by atomic mass is 19.2. The lowest BCUT2D eigenvalue weighted by molar-refractivity contribution is 0.201. The summed E-state index contributed by atoms with van der Waals surface area (Å²) in [4.78, 5) is 11.6. The van der Waals surface area contributed by atoms with Gasteiger partial charge >= 0.3 is 6.03 Å². The van der Waals surface area contributed by atoms with E-state index < -0.39 is 23.5 Å². The van der Waals surface area contributed by atoms with Crippen LogP contribution in [0.15, 0.2) is 12.1 Å². The molecule has 0 heterocycles. The van der Waals surface area contributed by atoms with Crippen molar-refractivity contribution in [2.24, 2.45) is 5.41 Å². The number of halogens is 3. The van der Waals surface area contributed by atoms with E-state index in [-0.39, 0.29) is 30.6 Å². The minimum atomic E-state index is -1.50. The summed E-state index contributed by atoms with van der Waals surface area (Å²) in [6.07, 6.45) is 0.739. The SMILES string of the molecule is CC(C)(CCO)CNC(=O)NCCc1cc(F)c(F)c(F)c1. The van der Waals surface area contributed by atoms with E-state index >= 15 is 0 Å². The fraction of sp³-hybridized carbons (Fsp3) is 0.533. The average Bonchev–Trinajstić information content (AvgIpc) is 2.42. The molecular weight excluding hydrogens is 297 g/mol. The van der Waals surface area contributed by atoms with Crippen molar-refractivity contribution in [3.8, 4) is 0 Å². The summed E-state index contributed by atoms with van der Waals surface area (Å²) in [5, 5.41) is 14.1. The Morgan fingerprint density at radius 2 is 1.77 bits per heavy atom. The number of hydrogen-bond acceptors (Lipinski definition) is 2. The Balaban J connectivity index is 2.37. The number of carbonyl (C=O) groups is 1. The van der Waals surface area contributed by atoms with Crippen LogP contribution in [-0.2, 0) is 6.42 Å². The molecular formula is C15H21F3N2O2. The molecule has 0 unspecified atom stereocenters. The molecule has 0 bridgehead atoms. The highest BCUT2D eigenvalue weighted by Crippen LogP contribution is 2.17. The Kier molecular flexibility index (Phi) is 6.67. The third-order valence-electron chi connectivity index (χ3n) is 3.26. The summed E-state index contributed by atoms with van der Waals surface area (Å²) in [6.45, 7) is 4.41. The fourth-order valence-electron chi connectivity index (χ4n) is 1.85. The van der Waals surface area contributed by atoms with Gasteiger partial charge in [0.1, 0.15) is 0 Å². The van der Waals surface area contributed by atoms with Gasteiger partial charge in [0.15, 0.2) is 17.5 Å². The maximum atomic E-state index is 13.0. The molecule has 0 saturated heterocycles. The molecule has 7 heteroatoms. The van der Waals surface area contributed by atoms with Crippen molar-refractivity contribution in [2.75, 3.05) is 19.7 Å². The van der Waals surface area contributed by atoms with Crippen molar-refractivity contribution in [1.29, 1.82) is 0 Å². The van der Waals surface area contributed by atoms with Gasteiger partial charge in [-0.1, -0.05) is 13.8 Å². The Hall–Kier alpha value is -1.76. The van der Waals surface area contributed by atoms with Crippen LogP contribution >= 0.6 is 0 Å². The zero-order chi connectivity index (χ0) is 16.8. The summed E-state index contributed by atoms with van der Waals surface area (Å²) in [5.74, 6) is -3.99. The second kappa shape index (κ2) is 8.03. The van der Waals surface area contributed by atoms with Gasteiger partial charge in [0.25, 0.3) is 0 Å². The molecule has 0 atom stereocenters. The van der Waals surface area contributed by atoms with E-state index in [2.05, 4.69) is 10.6 Å². The largest absolute Gasteiger partial charge is 0.396 e. The van der Waals surface area contributed by atoms with Crippen LogP contribution in [0.1, 0.15) is 25.8 Å². The van der Waals surface area contributed by atoms with E-state index in [4.69, 9.17) is 5.11 Å². The van der Waals surface area contributed by atoms with Crippen molar-refractivity contribution in [3.05, 3.63) is 35.1 Å². The lowest BCUT2D eigenvalue weighted by Gasteiger charge is -2.23. The molecule has 1 aromatic carbocycles. The molecule has 1 rings (SSSR count). The number of benzene rings is 1. The van der Waals surface area contributed by atoms with Crippen molar-refractivity contribution in [3.63, 3.8) is 0 Å². The zero-order valence-corrected chi connectivity index (χ0v) is 12.7. The minimum absolute atomic E-state index is 0.0397. The maximum absolute atomic E-state index is 13.0. The van der Waals surface area contributed by atoms with Gasteiger partial charge in [0, 0.05) is 19.7 Å². The van der Waals surface area contributed by atoms with Crippen LogP contribution in [-0.4, -0.2) is 30.8 Å². The summed E-state index contributed by atoms with van der Waals surface area (Å²) in [7, 11) is 0. The van der Waals surface area contributed by atoms with Crippen LogP contribution in [0.3, 0.4) is 0 Å². The van der Waals surface area contributed by atoms with E-state index in [1.54, 1.807) is 0 Å². The summed E-state index contributed by atoms with van der Waals surface area (Å²) in [6, 6.07) is 1.40. The number of carbonyl (C=O) groups excluding carboxylic acids is 1. The molecule has 0 aliphatic rings. The van der Waals surface area contributed by atoms with Gasteiger partial charge in [-0.15, -0.1) is 0 Å². The molecule has 0 radical (unpaired) electrons. The predicted octanol–water partition coefficient (Wildman–Crippen LogP) is 2.35. The zero-order valence-electron chi connectivity index (χ0n) is 12.7. The van der Waals surface area contributed by atoms with Crippen LogP contribution in [0.2, 0.25) is 0 Å². The fourth-order valence-corrected chi connectivity index (χ4v) is 1.85. The quantitative estimate of drug-likeness (QED) is 0.676. The van der Waals surface area contributed by atoms with Gasteiger partial charge in [0.2, 0.25) is 0 Å². The highest BCUT2D eigenvalue weighted by molar-refractivity contribution is 5.73. The molecule has 1 aromatic rings. The molecule has 2 amide bonds. The normalized spacial score (nSPS) is 11.4. The Labute approximate surface area is 127 Å². The van der Waals surface area contributed by atoms with E-state index in [0.717, 1.165) is 12.1 Å². The Morgan fingerprint density at radius 3 is 2.32 bits per heavy atom. The summed E-state index contributed by atoms with van der Waals surface area (Å²) < 4.78 is 38.8. The third-order valence-corrected chi connectivity index (χ3v) is 3.26. The Bertz CT molecular complexity index is 499. The van der Waals surface area contributed by atoms with Gasteiger partial charge < -0.3 is 15.7 Å². The highest BCUT2D eigenvalue weighted by Gasteiger charge is 2.18. The number of aliphatic hydroxyl groups excluding tert-OH is 1. The summed E-state index contributed by atoms with van der Waals surface area (Å²) >= 11 is 0. The molecule has 0 fully saturated rings. The van der Waals surface area contributed by atoms with Gasteiger partial charge in [-0.2, -0.15) is 0 Å². The molecule has 0 saturated carbocycles. The number of urea groups is 1. The van der Waals surface area contributed by atoms with Crippen molar-refractivity contribution in [1.82, 2.24) is 10.6 Å². The second-order valence-electron chi connectivity index (χ2n) is 5.87. The van der Waals surface area contributed by atoms with E-state index in [1.807, 2.05) is 13.8 Å². The number of nitrogens with one attached hydrogen (secondary N) is 2. The first-order valence-corrected chi connectivity index (χ1v) is 7.01. The van der Waals surface area contributed by atoms with Gasteiger partial charge in [-0.05, 0) is 36.0 Å². The lowest BCUT2D eigenvalue weighted by Crippen LogP contribution is -2.41. The first-order chi connectivity index (χ1) is 10.2. The van der Waals surface area contributed by atoms with Crippen LogP contribution in [0.4, 0.5) is 18.0 Å². The lowest BCUT2D eigenvalue weighted by atomic mass is 9.90. The monoisotopic (exact) mass is 318 g/mol. The first kappa shape index (κ1) is 18.3. The molecule has 4 nitrogen and oxygen atoms in total. The van der Waals surface area contributed by atoms with Crippen LogP contribution in [0.5, 0.6) is 0 Å². The van der Waals surface area contributed by atoms with Gasteiger partial charge in [-0.3, -0.25) is 0 Å². The topological polar surface area (TPSA) is 61.4 Å². The van der Waals surface area contributed by atoms with Crippen LogP contribution in [0, 0.1) is 22.9 Å². The first-order valence-electron chi connectivity index (χ1n) is 7.01.